The van der Waals surface area contributed by atoms with E-state index in [1.54, 1.807) is 0 Å². The molecule has 0 saturated heterocycles. The minimum atomic E-state index is 0.719. The molecule has 0 bridgehead atoms. The highest BCUT2D eigenvalue weighted by Gasteiger charge is 2.23. The first-order valence-electron chi connectivity index (χ1n) is 18.1. The fourth-order valence-corrected chi connectivity index (χ4v) is 8.03. The molecule has 0 atom stereocenters. The Morgan fingerprint density at radius 1 is 0.315 bits per heavy atom. The lowest BCUT2D eigenvalue weighted by atomic mass is 10.0. The van der Waals surface area contributed by atoms with E-state index in [0.29, 0.717) is 0 Å². The van der Waals surface area contributed by atoms with Crippen molar-refractivity contribution in [3.8, 4) is 11.4 Å². The minimum absolute atomic E-state index is 0.719. The largest absolute Gasteiger partial charge is 0.309 e. The summed E-state index contributed by atoms with van der Waals surface area (Å²) in [6.07, 6.45) is 3.62. The summed E-state index contributed by atoms with van der Waals surface area (Å²) in [6.45, 7) is 0. The number of fused-ring (bicyclic) bond motifs is 8. The average molecular weight is 691 g/mol. The van der Waals surface area contributed by atoms with Crippen LogP contribution in [-0.4, -0.2) is 30.5 Å². The van der Waals surface area contributed by atoms with Crippen molar-refractivity contribution in [1.29, 1.82) is 0 Å². The molecule has 0 radical (unpaired) electrons. The Labute approximate surface area is 310 Å². The average Bonchev–Trinajstić information content (AvgIpc) is 3.75. The van der Waals surface area contributed by atoms with Gasteiger partial charge in [-0.25, -0.2) is 9.98 Å². The number of pyridine rings is 2. The number of hydrogen-bond acceptors (Lipinski definition) is 4. The Hall–Kier alpha value is -7.44. The zero-order chi connectivity index (χ0) is 35.6. The molecule has 0 amide bonds. The molecule has 6 aromatic carbocycles. The first kappa shape index (κ1) is 30.2. The summed E-state index contributed by atoms with van der Waals surface area (Å²) >= 11 is 0. The van der Waals surface area contributed by atoms with E-state index >= 15 is 0 Å². The van der Waals surface area contributed by atoms with Crippen molar-refractivity contribution in [2.24, 2.45) is 9.98 Å². The molecule has 0 saturated carbocycles. The topological polar surface area (TPSA) is 60.4 Å². The Balaban J connectivity index is 1.02. The van der Waals surface area contributed by atoms with E-state index in [0.717, 1.165) is 56.7 Å². The predicted molar refractivity (Wildman–Crippen MR) is 221 cm³/mol. The van der Waals surface area contributed by atoms with Crippen LogP contribution in [0.4, 0.5) is 11.4 Å². The van der Waals surface area contributed by atoms with E-state index in [-0.39, 0.29) is 0 Å². The van der Waals surface area contributed by atoms with Crippen LogP contribution >= 0.6 is 0 Å². The number of aliphatic imine (C=N–C) groups is 2. The van der Waals surface area contributed by atoms with Gasteiger partial charge < -0.3 is 9.13 Å². The second kappa shape index (κ2) is 12.1. The second-order valence-electron chi connectivity index (χ2n) is 13.5. The van der Waals surface area contributed by atoms with Gasteiger partial charge in [0.1, 0.15) is 11.4 Å². The van der Waals surface area contributed by atoms with Gasteiger partial charge in [-0.1, -0.05) is 97.1 Å². The molecule has 54 heavy (non-hydrogen) atoms. The van der Waals surface area contributed by atoms with Gasteiger partial charge in [0.15, 0.2) is 0 Å². The molecule has 0 spiro atoms. The fourth-order valence-electron chi connectivity index (χ4n) is 8.03. The van der Waals surface area contributed by atoms with Gasteiger partial charge in [0, 0.05) is 56.4 Å². The van der Waals surface area contributed by atoms with Crippen LogP contribution in [-0.2, 0) is 0 Å². The molecule has 252 valence electrons. The van der Waals surface area contributed by atoms with E-state index in [4.69, 9.17) is 20.0 Å². The molecule has 0 aliphatic carbocycles. The van der Waals surface area contributed by atoms with Gasteiger partial charge in [0.2, 0.25) is 0 Å². The number of hydrogen-bond donors (Lipinski definition) is 0. The molecule has 6 heteroatoms. The van der Waals surface area contributed by atoms with Crippen molar-refractivity contribution >= 4 is 66.4 Å². The lowest BCUT2D eigenvalue weighted by molar-refractivity contribution is 1.18. The van der Waals surface area contributed by atoms with Crippen LogP contribution in [0.25, 0.3) is 55.0 Å². The van der Waals surface area contributed by atoms with E-state index in [1.807, 2.05) is 36.7 Å². The Morgan fingerprint density at radius 2 is 0.648 bits per heavy atom. The van der Waals surface area contributed by atoms with Crippen molar-refractivity contribution < 1.29 is 0 Å². The zero-order valence-corrected chi connectivity index (χ0v) is 29.0. The van der Waals surface area contributed by atoms with Crippen LogP contribution in [0.15, 0.2) is 192 Å². The van der Waals surface area contributed by atoms with Crippen LogP contribution in [0.1, 0.15) is 22.5 Å². The maximum absolute atomic E-state index is 5.31. The molecule has 6 nitrogen and oxygen atoms in total. The van der Waals surface area contributed by atoms with Gasteiger partial charge in [0.05, 0.1) is 44.9 Å². The third-order valence-electron chi connectivity index (χ3n) is 10.4. The van der Waals surface area contributed by atoms with E-state index in [9.17, 15) is 0 Å². The van der Waals surface area contributed by atoms with Crippen molar-refractivity contribution in [3.05, 3.63) is 205 Å². The minimum Gasteiger partial charge on any atom is -0.309 e. The summed E-state index contributed by atoms with van der Waals surface area (Å²) in [5.41, 5.74) is 13.2. The molecule has 0 unspecified atom stereocenters. The Morgan fingerprint density at radius 3 is 1.00 bits per heavy atom. The van der Waals surface area contributed by atoms with Crippen LogP contribution in [0.2, 0.25) is 0 Å². The normalized spacial score (nSPS) is 14.6. The highest BCUT2D eigenvalue weighted by molar-refractivity contribution is 6.21. The Bertz CT molecular complexity index is 2820. The van der Waals surface area contributed by atoms with Gasteiger partial charge in [-0.3, -0.25) is 9.97 Å². The third-order valence-corrected chi connectivity index (χ3v) is 10.4. The summed E-state index contributed by atoms with van der Waals surface area (Å²) < 4.78 is 4.64. The molecule has 1 aliphatic rings. The highest BCUT2D eigenvalue weighted by Crippen LogP contribution is 2.36. The molecule has 11 rings (SSSR count). The summed E-state index contributed by atoms with van der Waals surface area (Å²) in [7, 11) is 0. The summed E-state index contributed by atoms with van der Waals surface area (Å²) in [5.74, 6) is 0. The monoisotopic (exact) mass is 690 g/mol. The van der Waals surface area contributed by atoms with Crippen LogP contribution in [0.3, 0.4) is 0 Å². The smallest absolute Gasteiger partial charge is 0.115 e. The SMILES string of the molecule is c1cnc2c(c1)/N=C(/c1ccc(-n3c4ccccc4c4ccccc43)cc1)c1ncccc1/N=C\2c1ccc(-n2c3ccccc3c3ccccc32)cc1. The van der Waals surface area contributed by atoms with Gasteiger partial charge in [-0.15, -0.1) is 0 Å². The molecule has 10 aromatic rings. The predicted octanol–water partition coefficient (Wildman–Crippen LogP) is 11.3. The molecule has 0 fully saturated rings. The van der Waals surface area contributed by atoms with E-state index in [2.05, 4.69) is 155 Å². The second-order valence-corrected chi connectivity index (χ2v) is 13.5. The molecule has 0 N–H and O–H groups in total. The summed E-state index contributed by atoms with van der Waals surface area (Å²) in [6, 6.07) is 59.3. The molecule has 1 aliphatic heterocycles. The van der Waals surface area contributed by atoms with Crippen molar-refractivity contribution in [1.82, 2.24) is 19.1 Å². The first-order chi connectivity index (χ1) is 26.8. The Kier molecular flexibility index (Phi) is 6.75. The zero-order valence-electron chi connectivity index (χ0n) is 29.0. The number of nitrogens with zero attached hydrogens (tertiary/aromatic N) is 6. The molecular weight excluding hydrogens is 661 g/mol. The first-order valence-corrected chi connectivity index (χ1v) is 18.1. The maximum atomic E-state index is 5.31. The molecule has 4 aromatic heterocycles. The standard InChI is InChI=1S/C48H30N6/c1-5-17-41-35(11-1)36-12-2-6-18-42(36)53(41)33-25-21-31(22-26-33)45-47-39(15-9-29-49-47)52-46(48-40(51-45)16-10-30-50-48)32-23-27-34(28-24-32)54-43-19-7-3-13-37(43)38-14-4-8-20-44(38)54/h1-30H/b47-45?,48-46?,51-40?,51-45-,52-39?,52-46-. The lowest BCUT2D eigenvalue weighted by Crippen LogP contribution is -2.13. The summed E-state index contributed by atoms with van der Waals surface area (Å²) in [4.78, 5) is 20.4. The van der Waals surface area contributed by atoms with Crippen molar-refractivity contribution in [2.45, 2.75) is 0 Å². The van der Waals surface area contributed by atoms with Gasteiger partial charge in [-0.05, 0) is 72.8 Å². The van der Waals surface area contributed by atoms with Crippen LogP contribution in [0, 0.1) is 0 Å². The van der Waals surface area contributed by atoms with E-state index < -0.39 is 0 Å². The highest BCUT2D eigenvalue weighted by atomic mass is 15.0. The van der Waals surface area contributed by atoms with Crippen molar-refractivity contribution in [3.63, 3.8) is 0 Å². The number of rotatable bonds is 4. The van der Waals surface area contributed by atoms with Gasteiger partial charge >= 0.3 is 0 Å². The van der Waals surface area contributed by atoms with Gasteiger partial charge in [-0.2, -0.15) is 0 Å². The number of benzene rings is 6. The lowest BCUT2D eigenvalue weighted by Gasteiger charge is -2.17. The number of para-hydroxylation sites is 4. The van der Waals surface area contributed by atoms with Crippen LogP contribution < -0.4 is 0 Å². The molecular formula is C48H30N6. The third kappa shape index (κ3) is 4.67. The van der Waals surface area contributed by atoms with E-state index in [1.165, 1.54) is 43.6 Å². The van der Waals surface area contributed by atoms with Crippen LogP contribution in [0.5, 0.6) is 0 Å². The quantitative estimate of drug-likeness (QED) is 0.185. The molecule has 5 heterocycles. The number of aromatic nitrogens is 4. The summed E-state index contributed by atoms with van der Waals surface area (Å²) in [5, 5.41) is 4.94. The maximum Gasteiger partial charge on any atom is 0.115 e. The van der Waals surface area contributed by atoms with Gasteiger partial charge in [0.25, 0.3) is 0 Å². The van der Waals surface area contributed by atoms with Crippen molar-refractivity contribution in [2.75, 3.05) is 0 Å². The fraction of sp³-hybridized carbons (Fsp3) is 0.